The van der Waals surface area contributed by atoms with Crippen LogP contribution in [0.3, 0.4) is 0 Å². The summed E-state index contributed by atoms with van der Waals surface area (Å²) in [5.41, 5.74) is 6.12. The molecular formula is C14H10BrFN2OS2. The third-order valence-corrected chi connectivity index (χ3v) is 5.82. The number of benzene rings is 1. The zero-order valence-corrected chi connectivity index (χ0v) is 13.9. The average Bonchev–Trinajstić information content (AvgIpc) is 3.01. The van der Waals surface area contributed by atoms with Gasteiger partial charge >= 0.3 is 0 Å². The van der Waals surface area contributed by atoms with E-state index in [1.54, 1.807) is 23.5 Å². The molecule has 0 radical (unpaired) electrons. The number of nitrogen functional groups attached to an aromatic ring is 1. The molecular weight excluding hydrogens is 375 g/mol. The van der Waals surface area contributed by atoms with Crippen LogP contribution in [-0.4, -0.2) is 5.91 Å². The van der Waals surface area contributed by atoms with Gasteiger partial charge in [0.25, 0.3) is 5.91 Å². The Morgan fingerprint density at radius 1 is 1.43 bits per heavy atom. The van der Waals surface area contributed by atoms with Crippen molar-refractivity contribution < 1.29 is 9.18 Å². The quantitative estimate of drug-likeness (QED) is 0.703. The molecule has 0 aliphatic heterocycles. The highest BCUT2D eigenvalue weighted by Crippen LogP contribution is 2.35. The van der Waals surface area contributed by atoms with Crippen LogP contribution >= 0.6 is 38.6 Å². The van der Waals surface area contributed by atoms with Gasteiger partial charge in [-0.2, -0.15) is 0 Å². The van der Waals surface area contributed by atoms with Crippen LogP contribution in [-0.2, 0) is 6.54 Å². The fourth-order valence-electron chi connectivity index (χ4n) is 1.99. The summed E-state index contributed by atoms with van der Waals surface area (Å²) in [6.45, 7) is 0.422. The number of carbonyl (C=O) groups is 1. The van der Waals surface area contributed by atoms with Gasteiger partial charge in [-0.05, 0) is 34.1 Å². The Kier molecular flexibility index (Phi) is 3.97. The van der Waals surface area contributed by atoms with E-state index in [2.05, 4.69) is 21.2 Å². The van der Waals surface area contributed by atoms with Crippen LogP contribution in [0.2, 0.25) is 0 Å². The van der Waals surface area contributed by atoms with Crippen LogP contribution in [0.1, 0.15) is 14.5 Å². The van der Waals surface area contributed by atoms with Crippen molar-refractivity contribution in [2.75, 3.05) is 5.73 Å². The number of nitrogens with two attached hydrogens (primary N) is 1. The molecule has 0 bridgehead atoms. The smallest absolute Gasteiger partial charge is 0.263 e. The van der Waals surface area contributed by atoms with Crippen LogP contribution in [0.5, 0.6) is 0 Å². The molecule has 0 unspecified atom stereocenters. The number of carbonyl (C=O) groups excluding carboxylic acids is 1. The molecule has 0 aliphatic rings. The molecule has 3 aromatic rings. The van der Waals surface area contributed by atoms with E-state index in [1.807, 2.05) is 11.4 Å². The molecule has 3 N–H and O–H groups in total. The molecule has 0 spiro atoms. The summed E-state index contributed by atoms with van der Waals surface area (Å²) in [5.74, 6) is -0.680. The summed E-state index contributed by atoms with van der Waals surface area (Å²) < 4.78 is 15.4. The zero-order valence-electron chi connectivity index (χ0n) is 10.7. The van der Waals surface area contributed by atoms with Crippen LogP contribution in [0.4, 0.5) is 10.1 Å². The minimum atomic E-state index is -0.400. The minimum absolute atomic E-state index is 0.206. The minimum Gasteiger partial charge on any atom is -0.397 e. The fourth-order valence-corrected chi connectivity index (χ4v) is 4.44. The highest BCUT2D eigenvalue weighted by Gasteiger charge is 2.18. The Morgan fingerprint density at radius 2 is 2.24 bits per heavy atom. The molecule has 0 saturated carbocycles. The Morgan fingerprint density at radius 3 is 2.90 bits per heavy atom. The molecule has 0 aliphatic carbocycles. The second-order valence-electron chi connectivity index (χ2n) is 4.37. The number of rotatable bonds is 3. The number of hydrogen-bond donors (Lipinski definition) is 2. The lowest BCUT2D eigenvalue weighted by Crippen LogP contribution is -2.22. The lowest BCUT2D eigenvalue weighted by molar-refractivity contribution is 0.0956. The van der Waals surface area contributed by atoms with Gasteiger partial charge in [0.05, 0.1) is 17.6 Å². The van der Waals surface area contributed by atoms with E-state index in [4.69, 9.17) is 5.73 Å². The first-order chi connectivity index (χ1) is 10.1. The third-order valence-electron chi connectivity index (χ3n) is 2.95. The molecule has 1 amide bonds. The number of halogens is 2. The number of fused-ring (bicyclic) bond motifs is 1. The lowest BCUT2D eigenvalue weighted by Gasteiger charge is -2.02. The molecule has 1 aromatic carbocycles. The second kappa shape index (κ2) is 5.75. The monoisotopic (exact) mass is 384 g/mol. The summed E-state index contributed by atoms with van der Waals surface area (Å²) in [6, 6.07) is 6.65. The van der Waals surface area contributed by atoms with Gasteiger partial charge < -0.3 is 11.1 Å². The van der Waals surface area contributed by atoms with Crippen LogP contribution in [0, 0.1) is 5.82 Å². The van der Waals surface area contributed by atoms with Crippen molar-refractivity contribution in [1.82, 2.24) is 5.32 Å². The summed E-state index contributed by atoms with van der Waals surface area (Å²) in [6.07, 6.45) is 0. The van der Waals surface area contributed by atoms with Gasteiger partial charge in [-0.1, -0.05) is 6.07 Å². The van der Waals surface area contributed by atoms with Gasteiger partial charge in [-0.25, -0.2) is 4.39 Å². The van der Waals surface area contributed by atoms with Crippen molar-refractivity contribution in [2.45, 2.75) is 6.54 Å². The largest absolute Gasteiger partial charge is 0.397 e. The van der Waals surface area contributed by atoms with Crippen molar-refractivity contribution in [3.05, 3.63) is 49.7 Å². The molecule has 108 valence electrons. The summed E-state index contributed by atoms with van der Waals surface area (Å²) >= 11 is 6.12. The Bertz CT molecular complexity index is 828. The average molecular weight is 385 g/mol. The Balaban J connectivity index is 1.84. The maximum Gasteiger partial charge on any atom is 0.263 e. The SMILES string of the molecule is Nc1c(C(=O)NCc2cc(Br)cs2)sc2cccc(F)c12. The van der Waals surface area contributed by atoms with Crippen molar-refractivity contribution in [3.8, 4) is 0 Å². The lowest BCUT2D eigenvalue weighted by atomic mass is 10.2. The van der Waals surface area contributed by atoms with Gasteiger partial charge in [0.1, 0.15) is 10.7 Å². The zero-order chi connectivity index (χ0) is 15.0. The highest BCUT2D eigenvalue weighted by atomic mass is 79.9. The molecule has 21 heavy (non-hydrogen) atoms. The van der Waals surface area contributed by atoms with Gasteiger partial charge in [0.15, 0.2) is 0 Å². The van der Waals surface area contributed by atoms with Crippen molar-refractivity contribution in [1.29, 1.82) is 0 Å². The fraction of sp³-hybridized carbons (Fsp3) is 0.0714. The van der Waals surface area contributed by atoms with E-state index in [9.17, 15) is 9.18 Å². The molecule has 2 aromatic heterocycles. The summed E-state index contributed by atoms with van der Waals surface area (Å²) in [4.78, 5) is 13.6. The van der Waals surface area contributed by atoms with E-state index in [1.165, 1.54) is 17.4 Å². The topological polar surface area (TPSA) is 55.1 Å². The predicted octanol–water partition coefficient (Wildman–Crippen LogP) is 4.38. The molecule has 0 saturated heterocycles. The molecule has 3 rings (SSSR count). The maximum atomic E-state index is 13.8. The van der Waals surface area contributed by atoms with Crippen molar-refractivity contribution in [2.24, 2.45) is 0 Å². The normalized spacial score (nSPS) is 11.0. The van der Waals surface area contributed by atoms with Crippen LogP contribution in [0.15, 0.2) is 34.1 Å². The number of hydrogen-bond acceptors (Lipinski definition) is 4. The van der Waals surface area contributed by atoms with E-state index >= 15 is 0 Å². The molecule has 2 heterocycles. The number of nitrogens with one attached hydrogen (secondary N) is 1. The van der Waals surface area contributed by atoms with Crippen molar-refractivity contribution in [3.63, 3.8) is 0 Å². The van der Waals surface area contributed by atoms with E-state index < -0.39 is 5.82 Å². The van der Waals surface area contributed by atoms with Crippen LogP contribution < -0.4 is 11.1 Å². The van der Waals surface area contributed by atoms with Crippen LogP contribution in [0.25, 0.3) is 10.1 Å². The molecule has 3 nitrogen and oxygen atoms in total. The second-order valence-corrected chi connectivity index (χ2v) is 7.34. The highest BCUT2D eigenvalue weighted by molar-refractivity contribution is 9.10. The van der Waals surface area contributed by atoms with Gasteiger partial charge in [0, 0.05) is 19.4 Å². The number of amides is 1. The van der Waals surface area contributed by atoms with E-state index in [-0.39, 0.29) is 11.6 Å². The standard InChI is InChI=1S/C14H10BrFN2OS2/c15-7-4-8(20-6-7)5-18-14(19)13-12(17)11-9(16)2-1-3-10(11)21-13/h1-4,6H,5,17H2,(H,18,19). The third kappa shape index (κ3) is 2.81. The number of anilines is 1. The van der Waals surface area contributed by atoms with Gasteiger partial charge in [0.2, 0.25) is 0 Å². The van der Waals surface area contributed by atoms with E-state index in [0.29, 0.717) is 21.5 Å². The molecule has 0 atom stereocenters. The van der Waals surface area contributed by atoms with E-state index in [0.717, 1.165) is 9.35 Å². The predicted molar refractivity (Wildman–Crippen MR) is 89.4 cm³/mol. The molecule has 7 heteroatoms. The van der Waals surface area contributed by atoms with Gasteiger partial charge in [-0.15, -0.1) is 22.7 Å². The number of thiophene rings is 2. The van der Waals surface area contributed by atoms with Crippen molar-refractivity contribution >= 4 is 60.3 Å². The Hall–Kier alpha value is -1.44. The molecule has 0 fully saturated rings. The maximum absolute atomic E-state index is 13.8. The summed E-state index contributed by atoms with van der Waals surface area (Å²) in [5, 5.41) is 5.08. The first-order valence-electron chi connectivity index (χ1n) is 6.04. The summed E-state index contributed by atoms with van der Waals surface area (Å²) in [7, 11) is 0. The van der Waals surface area contributed by atoms with Gasteiger partial charge in [-0.3, -0.25) is 4.79 Å². The first kappa shape index (κ1) is 14.5. The first-order valence-corrected chi connectivity index (χ1v) is 8.53. The Labute approximate surface area is 136 Å².